The summed E-state index contributed by atoms with van der Waals surface area (Å²) < 4.78 is 1.82. The van der Waals surface area contributed by atoms with E-state index >= 15 is 0 Å². The van der Waals surface area contributed by atoms with Gasteiger partial charge in [0.2, 0.25) is 0 Å². The first kappa shape index (κ1) is 11.8. The number of hydrogen-bond acceptors (Lipinski definition) is 2. The summed E-state index contributed by atoms with van der Waals surface area (Å²) in [5, 5.41) is 4.52. The van der Waals surface area contributed by atoms with Crippen molar-refractivity contribution >= 4 is 17.2 Å². The maximum atomic E-state index is 5.71. The van der Waals surface area contributed by atoms with Crippen LogP contribution in [0.5, 0.6) is 0 Å². The van der Waals surface area contributed by atoms with Gasteiger partial charge in [0.25, 0.3) is 0 Å². The summed E-state index contributed by atoms with van der Waals surface area (Å²) >= 11 is 5.04. The molecule has 0 fully saturated rings. The van der Waals surface area contributed by atoms with Crippen molar-refractivity contribution in [1.82, 2.24) is 9.78 Å². The van der Waals surface area contributed by atoms with Crippen LogP contribution in [0.2, 0.25) is 0 Å². The first-order chi connectivity index (χ1) is 8.09. The van der Waals surface area contributed by atoms with Crippen molar-refractivity contribution in [1.29, 1.82) is 0 Å². The number of hydrogen-bond donors (Lipinski definition) is 1. The van der Waals surface area contributed by atoms with Crippen LogP contribution in [-0.4, -0.2) is 14.8 Å². The van der Waals surface area contributed by atoms with Gasteiger partial charge in [-0.15, -0.1) is 0 Å². The van der Waals surface area contributed by atoms with Gasteiger partial charge in [-0.1, -0.05) is 38.2 Å². The molecule has 0 radical (unpaired) electrons. The van der Waals surface area contributed by atoms with Crippen LogP contribution in [-0.2, 0) is 0 Å². The minimum atomic E-state index is 0.391. The van der Waals surface area contributed by atoms with E-state index in [0.717, 1.165) is 16.9 Å². The van der Waals surface area contributed by atoms with Gasteiger partial charge in [-0.25, -0.2) is 4.68 Å². The molecule has 1 aromatic heterocycles. The molecule has 17 heavy (non-hydrogen) atoms. The number of aromatic nitrogens is 2. The minimum Gasteiger partial charge on any atom is -0.389 e. The third-order valence-electron chi connectivity index (χ3n) is 2.62. The number of thiocarbonyl (C=S) groups is 1. The molecule has 0 amide bonds. The summed E-state index contributed by atoms with van der Waals surface area (Å²) in [5.41, 5.74) is 8.54. The fraction of sp³-hybridized carbons (Fsp3) is 0.231. The largest absolute Gasteiger partial charge is 0.389 e. The summed E-state index contributed by atoms with van der Waals surface area (Å²) in [6.07, 6.45) is 1.94. The lowest BCUT2D eigenvalue weighted by Gasteiger charge is -2.08. The van der Waals surface area contributed by atoms with Gasteiger partial charge in [-0.2, -0.15) is 5.10 Å². The topological polar surface area (TPSA) is 43.8 Å². The second-order valence-corrected chi connectivity index (χ2v) is 4.66. The Morgan fingerprint density at radius 3 is 2.59 bits per heavy atom. The van der Waals surface area contributed by atoms with E-state index in [-0.39, 0.29) is 0 Å². The van der Waals surface area contributed by atoms with Crippen LogP contribution in [0.25, 0.3) is 5.69 Å². The summed E-state index contributed by atoms with van der Waals surface area (Å²) in [4.78, 5) is 0.391. The molecule has 0 spiro atoms. The summed E-state index contributed by atoms with van der Waals surface area (Å²) in [6.45, 7) is 4.23. The van der Waals surface area contributed by atoms with E-state index in [2.05, 4.69) is 18.9 Å². The van der Waals surface area contributed by atoms with Gasteiger partial charge in [0.15, 0.2) is 0 Å². The van der Waals surface area contributed by atoms with Gasteiger partial charge >= 0.3 is 0 Å². The number of para-hydroxylation sites is 1. The molecule has 4 heteroatoms. The molecule has 1 heterocycles. The zero-order chi connectivity index (χ0) is 12.4. The second kappa shape index (κ2) is 4.67. The van der Waals surface area contributed by atoms with Crippen LogP contribution >= 0.6 is 12.2 Å². The number of nitrogens with two attached hydrogens (primary N) is 1. The summed E-state index contributed by atoms with van der Waals surface area (Å²) in [6, 6.07) is 9.76. The molecule has 0 saturated heterocycles. The van der Waals surface area contributed by atoms with Crippen molar-refractivity contribution in [2.45, 2.75) is 19.8 Å². The fourth-order valence-electron chi connectivity index (χ4n) is 1.66. The Morgan fingerprint density at radius 1 is 1.29 bits per heavy atom. The zero-order valence-electron chi connectivity index (χ0n) is 9.92. The van der Waals surface area contributed by atoms with Gasteiger partial charge in [-0.05, 0) is 24.1 Å². The molecule has 0 saturated carbocycles. The highest BCUT2D eigenvalue weighted by Gasteiger charge is 2.09. The zero-order valence-corrected chi connectivity index (χ0v) is 10.7. The van der Waals surface area contributed by atoms with E-state index in [0.29, 0.717) is 10.9 Å². The SMILES string of the molecule is CC(C)c1ccn(-c2ccccc2C(N)=S)n1. The lowest BCUT2D eigenvalue weighted by atomic mass is 10.1. The van der Waals surface area contributed by atoms with E-state index in [4.69, 9.17) is 18.0 Å². The van der Waals surface area contributed by atoms with Crippen LogP contribution in [0.3, 0.4) is 0 Å². The van der Waals surface area contributed by atoms with Crippen LogP contribution in [0.15, 0.2) is 36.5 Å². The maximum absolute atomic E-state index is 5.71. The van der Waals surface area contributed by atoms with Crippen molar-refractivity contribution in [3.05, 3.63) is 47.8 Å². The van der Waals surface area contributed by atoms with Crippen LogP contribution < -0.4 is 5.73 Å². The molecule has 0 atom stereocenters. The van der Waals surface area contributed by atoms with E-state index in [1.807, 2.05) is 41.2 Å². The van der Waals surface area contributed by atoms with E-state index in [1.54, 1.807) is 0 Å². The van der Waals surface area contributed by atoms with Crippen molar-refractivity contribution in [2.24, 2.45) is 5.73 Å². The summed E-state index contributed by atoms with van der Waals surface area (Å²) in [7, 11) is 0. The monoisotopic (exact) mass is 245 g/mol. The standard InChI is InChI=1S/C13H15N3S/c1-9(2)11-7-8-16(15-11)12-6-4-3-5-10(12)13(14)17/h3-9H,1-2H3,(H2,14,17). The molecule has 2 rings (SSSR count). The smallest absolute Gasteiger partial charge is 0.106 e. The quantitative estimate of drug-likeness (QED) is 0.845. The highest BCUT2D eigenvalue weighted by Crippen LogP contribution is 2.17. The van der Waals surface area contributed by atoms with Crippen molar-refractivity contribution in [3.63, 3.8) is 0 Å². The predicted octanol–water partition coefficient (Wildman–Crippen LogP) is 2.63. The van der Waals surface area contributed by atoms with Crippen molar-refractivity contribution in [2.75, 3.05) is 0 Å². The fourth-order valence-corrected chi connectivity index (χ4v) is 1.83. The molecule has 0 bridgehead atoms. The Kier molecular flexibility index (Phi) is 3.24. The highest BCUT2D eigenvalue weighted by atomic mass is 32.1. The summed E-state index contributed by atoms with van der Waals surface area (Å²) in [5.74, 6) is 0.410. The Labute approximate surface area is 106 Å². The maximum Gasteiger partial charge on any atom is 0.106 e. The van der Waals surface area contributed by atoms with Crippen molar-refractivity contribution < 1.29 is 0 Å². The highest BCUT2D eigenvalue weighted by molar-refractivity contribution is 7.80. The van der Waals surface area contributed by atoms with Crippen LogP contribution in [0.1, 0.15) is 31.0 Å². The molecular weight excluding hydrogens is 230 g/mol. The third-order valence-corrected chi connectivity index (χ3v) is 2.84. The predicted molar refractivity (Wildman–Crippen MR) is 73.5 cm³/mol. The molecule has 3 nitrogen and oxygen atoms in total. The average Bonchev–Trinajstić information content (AvgIpc) is 2.78. The normalized spacial score (nSPS) is 10.8. The lowest BCUT2D eigenvalue weighted by molar-refractivity contribution is 0.768. The molecule has 0 unspecified atom stereocenters. The molecule has 2 N–H and O–H groups in total. The molecular formula is C13H15N3S. The third kappa shape index (κ3) is 2.36. The van der Waals surface area contributed by atoms with Gasteiger partial charge in [0.05, 0.1) is 11.4 Å². The first-order valence-electron chi connectivity index (χ1n) is 5.54. The van der Waals surface area contributed by atoms with Crippen LogP contribution in [0.4, 0.5) is 0 Å². The van der Waals surface area contributed by atoms with Crippen molar-refractivity contribution in [3.8, 4) is 5.69 Å². The first-order valence-corrected chi connectivity index (χ1v) is 5.95. The Bertz CT molecular complexity index is 543. The van der Waals surface area contributed by atoms with Gasteiger partial charge in [-0.3, -0.25) is 0 Å². The Morgan fingerprint density at radius 2 is 2.00 bits per heavy atom. The van der Waals surface area contributed by atoms with Gasteiger partial charge < -0.3 is 5.73 Å². The number of benzene rings is 1. The van der Waals surface area contributed by atoms with E-state index in [9.17, 15) is 0 Å². The number of rotatable bonds is 3. The minimum absolute atomic E-state index is 0.391. The average molecular weight is 245 g/mol. The molecule has 2 aromatic rings. The van der Waals surface area contributed by atoms with E-state index in [1.165, 1.54) is 0 Å². The molecule has 88 valence electrons. The van der Waals surface area contributed by atoms with Gasteiger partial charge in [0.1, 0.15) is 4.99 Å². The lowest BCUT2D eigenvalue weighted by Crippen LogP contribution is -2.13. The van der Waals surface area contributed by atoms with Gasteiger partial charge in [0, 0.05) is 11.8 Å². The Balaban J connectivity index is 2.49. The molecule has 1 aromatic carbocycles. The molecule has 0 aliphatic carbocycles. The molecule has 0 aliphatic rings. The van der Waals surface area contributed by atoms with E-state index < -0.39 is 0 Å². The second-order valence-electron chi connectivity index (χ2n) is 4.22. The number of nitrogens with zero attached hydrogens (tertiary/aromatic N) is 2. The van der Waals surface area contributed by atoms with Crippen LogP contribution in [0, 0.1) is 0 Å². The Hall–Kier alpha value is -1.68. The molecule has 0 aliphatic heterocycles.